The van der Waals surface area contributed by atoms with E-state index in [2.05, 4.69) is 0 Å². The Bertz CT molecular complexity index is 623. The SMILES string of the molecule is CCOc1ccc(/C(F)=C(\F)C2=COC(C)CC2)c(F)c1F. The third-order valence-electron chi connectivity index (χ3n) is 3.32. The van der Waals surface area contributed by atoms with Crippen molar-refractivity contribution in [1.29, 1.82) is 0 Å². The van der Waals surface area contributed by atoms with Crippen LogP contribution < -0.4 is 4.74 Å². The Morgan fingerprint density at radius 3 is 2.55 bits per heavy atom. The molecule has 120 valence electrons. The minimum atomic E-state index is -1.48. The summed E-state index contributed by atoms with van der Waals surface area (Å²) in [5.74, 6) is -5.86. The quantitative estimate of drug-likeness (QED) is 0.723. The Morgan fingerprint density at radius 2 is 1.95 bits per heavy atom. The van der Waals surface area contributed by atoms with Crippen molar-refractivity contribution in [1.82, 2.24) is 0 Å². The van der Waals surface area contributed by atoms with Gasteiger partial charge in [0.2, 0.25) is 5.82 Å². The van der Waals surface area contributed by atoms with Gasteiger partial charge in [-0.3, -0.25) is 0 Å². The fourth-order valence-electron chi connectivity index (χ4n) is 2.07. The van der Waals surface area contributed by atoms with E-state index >= 15 is 0 Å². The second-order valence-corrected chi connectivity index (χ2v) is 4.93. The molecule has 1 aliphatic rings. The molecule has 2 rings (SSSR count). The summed E-state index contributed by atoms with van der Waals surface area (Å²) in [4.78, 5) is 0. The first-order chi connectivity index (χ1) is 10.5. The first-order valence-electron chi connectivity index (χ1n) is 6.97. The van der Waals surface area contributed by atoms with Gasteiger partial charge in [-0.2, -0.15) is 4.39 Å². The van der Waals surface area contributed by atoms with Gasteiger partial charge in [-0.05, 0) is 38.8 Å². The van der Waals surface area contributed by atoms with Crippen LogP contribution in [0.5, 0.6) is 5.75 Å². The highest BCUT2D eigenvalue weighted by Crippen LogP contribution is 2.34. The summed E-state index contributed by atoms with van der Waals surface area (Å²) in [6.45, 7) is 3.53. The van der Waals surface area contributed by atoms with Crippen LogP contribution >= 0.6 is 0 Å². The molecule has 0 aliphatic carbocycles. The molecule has 1 heterocycles. The topological polar surface area (TPSA) is 18.5 Å². The second kappa shape index (κ2) is 6.85. The van der Waals surface area contributed by atoms with Crippen molar-refractivity contribution in [2.75, 3.05) is 6.61 Å². The summed E-state index contributed by atoms with van der Waals surface area (Å²) in [7, 11) is 0. The van der Waals surface area contributed by atoms with Gasteiger partial charge < -0.3 is 9.47 Å². The molecule has 1 aromatic rings. The fraction of sp³-hybridized carbons (Fsp3) is 0.375. The molecule has 6 heteroatoms. The monoisotopic (exact) mass is 316 g/mol. The number of benzene rings is 1. The van der Waals surface area contributed by atoms with Crippen LogP contribution in [0.2, 0.25) is 0 Å². The highest BCUT2D eigenvalue weighted by Gasteiger charge is 2.23. The van der Waals surface area contributed by atoms with Crippen LogP contribution in [-0.2, 0) is 4.74 Å². The fourth-order valence-corrected chi connectivity index (χ4v) is 2.07. The standard InChI is InChI=1S/C16H16F4O2/c1-3-21-12-7-6-11(15(19)16(12)20)14(18)13(17)10-5-4-9(2)22-8-10/h6-9H,3-5H2,1-2H3/b14-13+. The van der Waals surface area contributed by atoms with E-state index in [1.165, 1.54) is 0 Å². The van der Waals surface area contributed by atoms with Crippen LogP contribution in [0.3, 0.4) is 0 Å². The maximum absolute atomic E-state index is 14.1. The third kappa shape index (κ3) is 3.26. The minimum Gasteiger partial charge on any atom is -0.498 e. The smallest absolute Gasteiger partial charge is 0.201 e. The molecule has 0 amide bonds. The molecular formula is C16H16F4O2. The van der Waals surface area contributed by atoms with Crippen LogP contribution in [-0.4, -0.2) is 12.7 Å². The summed E-state index contributed by atoms with van der Waals surface area (Å²) in [5, 5.41) is 0. The van der Waals surface area contributed by atoms with Crippen molar-refractivity contribution >= 4 is 5.83 Å². The van der Waals surface area contributed by atoms with E-state index in [4.69, 9.17) is 9.47 Å². The van der Waals surface area contributed by atoms with E-state index < -0.39 is 28.9 Å². The molecule has 0 radical (unpaired) electrons. The Morgan fingerprint density at radius 1 is 1.23 bits per heavy atom. The summed E-state index contributed by atoms with van der Waals surface area (Å²) in [6.07, 6.45) is 1.82. The molecule has 0 saturated heterocycles. The van der Waals surface area contributed by atoms with Crippen molar-refractivity contribution in [3.05, 3.63) is 47.0 Å². The molecule has 0 bridgehead atoms. The van der Waals surface area contributed by atoms with Gasteiger partial charge in [-0.25, -0.2) is 13.2 Å². The Kier molecular flexibility index (Phi) is 5.11. The molecule has 22 heavy (non-hydrogen) atoms. The zero-order valence-electron chi connectivity index (χ0n) is 12.3. The molecule has 1 atom stereocenters. The van der Waals surface area contributed by atoms with Gasteiger partial charge in [0.1, 0.15) is 0 Å². The number of allylic oxidation sites excluding steroid dienone is 2. The second-order valence-electron chi connectivity index (χ2n) is 4.93. The lowest BCUT2D eigenvalue weighted by Gasteiger charge is -2.19. The number of ether oxygens (including phenoxy) is 2. The van der Waals surface area contributed by atoms with E-state index in [1.807, 2.05) is 0 Å². The zero-order valence-corrected chi connectivity index (χ0v) is 12.3. The van der Waals surface area contributed by atoms with E-state index in [1.54, 1.807) is 13.8 Å². The molecule has 1 aliphatic heterocycles. The highest BCUT2D eigenvalue weighted by molar-refractivity contribution is 5.66. The number of halogens is 4. The number of hydrogen-bond acceptors (Lipinski definition) is 2. The summed E-state index contributed by atoms with van der Waals surface area (Å²) in [6, 6.07) is 2.02. The molecule has 1 unspecified atom stereocenters. The van der Waals surface area contributed by atoms with Crippen LogP contribution in [0, 0.1) is 11.6 Å². The number of hydrogen-bond donors (Lipinski definition) is 0. The first-order valence-corrected chi connectivity index (χ1v) is 6.97. The Hall–Kier alpha value is -1.98. The van der Waals surface area contributed by atoms with Gasteiger partial charge in [-0.15, -0.1) is 0 Å². The van der Waals surface area contributed by atoms with Gasteiger partial charge in [0.05, 0.1) is 24.5 Å². The summed E-state index contributed by atoms with van der Waals surface area (Å²) >= 11 is 0. The van der Waals surface area contributed by atoms with Gasteiger partial charge in [0.15, 0.2) is 23.2 Å². The third-order valence-corrected chi connectivity index (χ3v) is 3.32. The van der Waals surface area contributed by atoms with E-state index in [9.17, 15) is 17.6 Å². The molecule has 0 N–H and O–H groups in total. The predicted octanol–water partition coefficient (Wildman–Crippen LogP) is 5.05. The minimum absolute atomic E-state index is 0.00991. The molecule has 2 nitrogen and oxygen atoms in total. The zero-order chi connectivity index (χ0) is 16.3. The maximum Gasteiger partial charge on any atom is 0.201 e. The van der Waals surface area contributed by atoms with Gasteiger partial charge in [0, 0.05) is 5.57 Å². The van der Waals surface area contributed by atoms with Crippen molar-refractivity contribution in [3.8, 4) is 5.75 Å². The first kappa shape index (κ1) is 16.4. The van der Waals surface area contributed by atoms with Crippen molar-refractivity contribution < 1.29 is 27.0 Å². The summed E-state index contributed by atoms with van der Waals surface area (Å²) < 4.78 is 65.8. The lowest BCUT2D eigenvalue weighted by atomic mass is 10.0. The van der Waals surface area contributed by atoms with Gasteiger partial charge >= 0.3 is 0 Å². The largest absolute Gasteiger partial charge is 0.498 e. The van der Waals surface area contributed by atoms with Crippen LogP contribution in [0.25, 0.3) is 5.83 Å². The molecule has 0 spiro atoms. The molecule has 0 aromatic heterocycles. The Labute approximate surface area is 126 Å². The van der Waals surface area contributed by atoms with Crippen LogP contribution in [0.4, 0.5) is 17.6 Å². The van der Waals surface area contributed by atoms with E-state index in [0.29, 0.717) is 6.42 Å². The molecule has 0 fully saturated rings. The lowest BCUT2D eigenvalue weighted by molar-refractivity contribution is 0.136. The van der Waals surface area contributed by atoms with Gasteiger partial charge in [0.25, 0.3) is 0 Å². The normalized spacial score (nSPS) is 19.2. The van der Waals surface area contributed by atoms with Gasteiger partial charge in [-0.1, -0.05) is 0 Å². The van der Waals surface area contributed by atoms with Crippen molar-refractivity contribution in [2.45, 2.75) is 32.8 Å². The van der Waals surface area contributed by atoms with Crippen LogP contribution in [0.1, 0.15) is 32.3 Å². The van der Waals surface area contributed by atoms with Crippen LogP contribution in [0.15, 0.2) is 29.8 Å². The van der Waals surface area contributed by atoms with E-state index in [-0.39, 0.29) is 30.5 Å². The average molecular weight is 316 g/mol. The highest BCUT2D eigenvalue weighted by atomic mass is 19.2. The predicted molar refractivity (Wildman–Crippen MR) is 74.5 cm³/mol. The average Bonchev–Trinajstić information content (AvgIpc) is 2.52. The molecule has 1 aromatic carbocycles. The van der Waals surface area contributed by atoms with Crippen molar-refractivity contribution in [2.24, 2.45) is 0 Å². The molecule has 0 saturated carbocycles. The lowest BCUT2D eigenvalue weighted by Crippen LogP contribution is -2.10. The Balaban J connectivity index is 2.38. The molecular weight excluding hydrogens is 300 g/mol. The maximum atomic E-state index is 14.1. The van der Waals surface area contributed by atoms with Crippen molar-refractivity contribution in [3.63, 3.8) is 0 Å². The van der Waals surface area contributed by atoms with E-state index in [0.717, 1.165) is 18.4 Å². The summed E-state index contributed by atoms with van der Waals surface area (Å²) in [5.41, 5.74) is -0.790. The number of rotatable bonds is 4.